The molecule has 0 unspecified atom stereocenters. The number of fused-ring (bicyclic) bond motifs is 1. The second-order valence-corrected chi connectivity index (χ2v) is 9.03. The van der Waals surface area contributed by atoms with Crippen molar-refractivity contribution in [3.05, 3.63) is 42.2 Å². The molecule has 4 heterocycles. The first kappa shape index (κ1) is 24.5. The third kappa shape index (κ3) is 5.62. The summed E-state index contributed by atoms with van der Waals surface area (Å²) in [4.78, 5) is 20.6. The Balaban J connectivity index is 1.44. The molecule has 2 aromatic heterocycles. The summed E-state index contributed by atoms with van der Waals surface area (Å²) in [5.41, 5.74) is 0.251. The number of amides is 1. The van der Waals surface area contributed by atoms with Gasteiger partial charge in [-0.3, -0.25) is 14.4 Å². The number of benzene rings is 1. The molecule has 5 rings (SSSR count). The number of rotatable bonds is 7. The minimum Gasteiger partial charge on any atom is -0.491 e. The molecule has 0 aliphatic carbocycles. The van der Waals surface area contributed by atoms with E-state index in [2.05, 4.69) is 15.0 Å². The number of hydrogen-bond donors (Lipinski definition) is 0. The van der Waals surface area contributed by atoms with Crippen LogP contribution in [0.15, 0.2) is 36.5 Å². The number of alkyl halides is 3. The lowest BCUT2D eigenvalue weighted by atomic mass is 10.1. The molecule has 2 aliphatic rings. The van der Waals surface area contributed by atoms with Gasteiger partial charge in [0.1, 0.15) is 24.6 Å². The number of carbonyl (C=O) groups is 1. The van der Waals surface area contributed by atoms with Crippen molar-refractivity contribution >= 4 is 16.8 Å². The molecule has 8 nitrogen and oxygen atoms in total. The van der Waals surface area contributed by atoms with Crippen molar-refractivity contribution in [2.24, 2.45) is 0 Å². The monoisotopic (exact) mass is 503 g/mol. The number of pyridine rings is 1. The molecule has 1 aromatic carbocycles. The zero-order valence-electron chi connectivity index (χ0n) is 19.8. The highest BCUT2D eigenvalue weighted by molar-refractivity contribution is 5.87. The number of aromatic nitrogens is 3. The molecule has 1 amide bonds. The summed E-state index contributed by atoms with van der Waals surface area (Å²) in [6, 6.07) is 7.27. The lowest BCUT2D eigenvalue weighted by molar-refractivity contribution is -0.141. The first-order valence-corrected chi connectivity index (χ1v) is 12.1. The largest absolute Gasteiger partial charge is 0.491 e. The van der Waals surface area contributed by atoms with Crippen LogP contribution in [0, 0.1) is 0 Å². The normalized spacial score (nSPS) is 17.1. The predicted molar refractivity (Wildman–Crippen MR) is 127 cm³/mol. The fraction of sp³-hybridized carbons (Fsp3) is 0.480. The molecule has 0 saturated carbocycles. The number of hydrogen-bond acceptors (Lipinski definition) is 6. The average molecular weight is 504 g/mol. The lowest BCUT2D eigenvalue weighted by Crippen LogP contribution is -2.42. The summed E-state index contributed by atoms with van der Waals surface area (Å²) in [7, 11) is 0. The summed E-state index contributed by atoms with van der Waals surface area (Å²) in [5.74, 6) is 0.353. The third-order valence-electron chi connectivity index (χ3n) is 6.49. The molecule has 0 bridgehead atoms. The van der Waals surface area contributed by atoms with E-state index < -0.39 is 11.9 Å². The van der Waals surface area contributed by atoms with Gasteiger partial charge in [-0.15, -0.1) is 0 Å². The van der Waals surface area contributed by atoms with E-state index in [-0.39, 0.29) is 18.1 Å². The number of halogens is 3. The summed E-state index contributed by atoms with van der Waals surface area (Å²) in [5, 5.41) is 5.22. The topological polar surface area (TPSA) is 72.7 Å². The quantitative estimate of drug-likeness (QED) is 0.492. The molecular formula is C25H28F3N5O3. The van der Waals surface area contributed by atoms with Gasteiger partial charge in [0.25, 0.3) is 0 Å². The lowest BCUT2D eigenvalue weighted by Gasteiger charge is -2.26. The highest BCUT2D eigenvalue weighted by Crippen LogP contribution is 2.35. The minimum atomic E-state index is -4.55. The van der Waals surface area contributed by atoms with Crippen LogP contribution in [0.3, 0.4) is 0 Å². The van der Waals surface area contributed by atoms with Gasteiger partial charge >= 0.3 is 6.18 Å². The van der Waals surface area contributed by atoms with E-state index in [1.165, 1.54) is 12.1 Å². The van der Waals surface area contributed by atoms with Gasteiger partial charge in [-0.05, 0) is 44.1 Å². The van der Waals surface area contributed by atoms with E-state index in [1.54, 1.807) is 27.9 Å². The number of carbonyl (C=O) groups excluding carboxylic acids is 1. The van der Waals surface area contributed by atoms with Crippen molar-refractivity contribution < 1.29 is 27.4 Å². The fourth-order valence-electron chi connectivity index (χ4n) is 4.59. The highest BCUT2D eigenvalue weighted by atomic mass is 19.4. The van der Waals surface area contributed by atoms with Crippen LogP contribution in [0.2, 0.25) is 0 Å². The zero-order valence-corrected chi connectivity index (χ0v) is 19.8. The third-order valence-corrected chi connectivity index (χ3v) is 6.49. The van der Waals surface area contributed by atoms with Crippen LogP contribution in [-0.4, -0.2) is 83.0 Å². The van der Waals surface area contributed by atoms with Crippen molar-refractivity contribution in [3.63, 3.8) is 0 Å². The maximum Gasteiger partial charge on any atom is 0.433 e. The molecule has 192 valence electrons. The maximum atomic E-state index is 13.3. The molecule has 0 spiro atoms. The van der Waals surface area contributed by atoms with Gasteiger partial charge in [0.2, 0.25) is 5.91 Å². The van der Waals surface area contributed by atoms with Crippen molar-refractivity contribution in [2.75, 3.05) is 52.5 Å². The first-order chi connectivity index (χ1) is 17.4. The van der Waals surface area contributed by atoms with Crippen LogP contribution in [0.4, 0.5) is 13.2 Å². The SMILES string of the molecule is O=C(Cn1cc2cc(-c3cccc(C(F)(F)F)n3)c(OCCN3CCCC3)cc2n1)N1CCOCC1. The maximum absolute atomic E-state index is 13.3. The number of likely N-dealkylation sites (tertiary alicyclic amines) is 1. The standard InChI is InChI=1S/C25H28F3N5O3/c26-25(27,28)23-5-3-4-20(29-23)19-14-18-16-33(17-24(34)32-9-11-35-12-10-32)30-21(18)15-22(19)36-13-8-31-6-1-2-7-31/h3-5,14-16H,1-2,6-13,17H2. The second kappa shape index (κ2) is 10.4. The van der Waals surface area contributed by atoms with Crippen molar-refractivity contribution in [3.8, 4) is 17.0 Å². The molecule has 3 aromatic rings. The Hall–Kier alpha value is -3.18. The van der Waals surface area contributed by atoms with E-state index in [9.17, 15) is 18.0 Å². The van der Waals surface area contributed by atoms with Crippen molar-refractivity contribution in [2.45, 2.75) is 25.6 Å². The Morgan fingerprint density at radius 3 is 2.61 bits per heavy atom. The molecule has 0 radical (unpaired) electrons. The van der Waals surface area contributed by atoms with Gasteiger partial charge in [-0.25, -0.2) is 4.98 Å². The van der Waals surface area contributed by atoms with E-state index in [1.807, 2.05) is 0 Å². The summed E-state index contributed by atoms with van der Waals surface area (Å²) in [6.07, 6.45) is -0.516. The first-order valence-electron chi connectivity index (χ1n) is 12.1. The summed E-state index contributed by atoms with van der Waals surface area (Å²) >= 11 is 0. The number of nitrogens with zero attached hydrogens (tertiary/aromatic N) is 5. The van der Waals surface area contributed by atoms with Gasteiger partial charge in [0.05, 0.1) is 24.4 Å². The van der Waals surface area contributed by atoms with E-state index >= 15 is 0 Å². The van der Waals surface area contributed by atoms with Crippen LogP contribution in [0.1, 0.15) is 18.5 Å². The molecule has 2 saturated heterocycles. The van der Waals surface area contributed by atoms with Crippen LogP contribution < -0.4 is 4.74 Å². The van der Waals surface area contributed by atoms with Crippen LogP contribution in [0.5, 0.6) is 5.75 Å². The van der Waals surface area contributed by atoms with Gasteiger partial charge < -0.3 is 14.4 Å². The summed E-state index contributed by atoms with van der Waals surface area (Å²) in [6.45, 7) is 5.34. The van der Waals surface area contributed by atoms with Crippen molar-refractivity contribution in [1.82, 2.24) is 24.6 Å². The van der Waals surface area contributed by atoms with Crippen LogP contribution >= 0.6 is 0 Å². The highest BCUT2D eigenvalue weighted by Gasteiger charge is 2.32. The van der Waals surface area contributed by atoms with Gasteiger partial charge in [-0.2, -0.15) is 18.3 Å². The van der Waals surface area contributed by atoms with Gasteiger partial charge in [0.15, 0.2) is 0 Å². The average Bonchev–Trinajstić information content (AvgIpc) is 3.53. The summed E-state index contributed by atoms with van der Waals surface area (Å²) < 4.78 is 52.9. The van der Waals surface area contributed by atoms with Gasteiger partial charge in [-0.1, -0.05) is 6.07 Å². The molecular weight excluding hydrogens is 475 g/mol. The zero-order chi connectivity index (χ0) is 25.1. The van der Waals surface area contributed by atoms with Crippen LogP contribution in [-0.2, 0) is 22.3 Å². The molecule has 2 aliphatic heterocycles. The van der Waals surface area contributed by atoms with Crippen LogP contribution in [0.25, 0.3) is 22.2 Å². The minimum absolute atomic E-state index is 0.0621. The smallest absolute Gasteiger partial charge is 0.433 e. The Bertz CT molecular complexity index is 1220. The molecule has 2 fully saturated rings. The Morgan fingerprint density at radius 1 is 1.08 bits per heavy atom. The van der Waals surface area contributed by atoms with E-state index in [0.717, 1.165) is 38.5 Å². The van der Waals surface area contributed by atoms with Gasteiger partial charge in [0, 0.05) is 42.8 Å². The molecule has 0 atom stereocenters. The Morgan fingerprint density at radius 2 is 1.86 bits per heavy atom. The number of ether oxygens (including phenoxy) is 2. The molecule has 11 heteroatoms. The Kier molecular flexibility index (Phi) is 7.10. The predicted octanol–water partition coefficient (Wildman–Crippen LogP) is 3.45. The van der Waals surface area contributed by atoms with E-state index in [0.29, 0.717) is 55.1 Å². The second-order valence-electron chi connectivity index (χ2n) is 9.03. The van der Waals surface area contributed by atoms with E-state index in [4.69, 9.17) is 9.47 Å². The molecule has 36 heavy (non-hydrogen) atoms. The number of morpholine rings is 1. The van der Waals surface area contributed by atoms with Crippen molar-refractivity contribution in [1.29, 1.82) is 0 Å². The Labute approximate surface area is 206 Å². The molecule has 0 N–H and O–H groups in total. The fourth-order valence-corrected chi connectivity index (χ4v) is 4.59.